The van der Waals surface area contributed by atoms with Crippen LogP contribution in [0.5, 0.6) is 0 Å². The van der Waals surface area contributed by atoms with Gasteiger partial charge in [0.25, 0.3) is 19.0 Å². The van der Waals surface area contributed by atoms with E-state index in [1.54, 1.807) is 12.1 Å². The third-order valence-electron chi connectivity index (χ3n) is 5.46. The van der Waals surface area contributed by atoms with Gasteiger partial charge in [-0.25, -0.2) is 15.0 Å². The van der Waals surface area contributed by atoms with Crippen LogP contribution in [0.4, 0.5) is 14.5 Å². The third kappa shape index (κ3) is 6.30. The molecule has 1 fully saturated rings. The number of nitrogens with one attached hydrogen (secondary N) is 1. The lowest BCUT2D eigenvalue weighted by molar-refractivity contribution is -0.114. The normalized spacial score (nSPS) is 16.8. The summed E-state index contributed by atoms with van der Waals surface area (Å²) >= 11 is 0. The second-order valence-corrected chi connectivity index (χ2v) is 7.75. The molecule has 172 valence electrons. The van der Waals surface area contributed by atoms with E-state index in [0.717, 1.165) is 6.07 Å². The molecular formula is C22H25F2N8O+. The molecular weight excluding hydrogens is 430 g/mol. The molecule has 0 atom stereocenters. The molecule has 0 saturated carbocycles. The average Bonchev–Trinajstić information content (AvgIpc) is 2.77. The maximum atomic E-state index is 13.9. The van der Waals surface area contributed by atoms with E-state index >= 15 is 0 Å². The summed E-state index contributed by atoms with van der Waals surface area (Å²) in [5.74, 6) is -2.19. The fraction of sp³-hybridized carbons (Fsp3) is 0.318. The van der Waals surface area contributed by atoms with Crippen LogP contribution in [-0.2, 0) is 11.3 Å². The Hall–Kier alpha value is -3.91. The Balaban J connectivity index is 1.73. The van der Waals surface area contributed by atoms with Gasteiger partial charge >= 0.3 is 0 Å². The summed E-state index contributed by atoms with van der Waals surface area (Å²) in [6, 6.07) is 5.92. The summed E-state index contributed by atoms with van der Waals surface area (Å²) in [6.07, 6.45) is 5.27. The van der Waals surface area contributed by atoms with Crippen LogP contribution in [0.3, 0.4) is 0 Å². The van der Waals surface area contributed by atoms with Crippen molar-refractivity contribution >= 4 is 17.4 Å². The monoisotopic (exact) mass is 455 g/mol. The first kappa shape index (κ1) is 23.7. The maximum Gasteiger partial charge on any atom is 0.285 e. The number of aliphatic imine (C=N–C) groups is 1. The fourth-order valence-corrected chi connectivity index (χ4v) is 3.60. The van der Waals surface area contributed by atoms with Gasteiger partial charge in [0.1, 0.15) is 11.4 Å². The van der Waals surface area contributed by atoms with Gasteiger partial charge in [-0.05, 0) is 25.0 Å². The first-order valence-electron chi connectivity index (χ1n) is 10.2. The molecule has 33 heavy (non-hydrogen) atoms. The lowest BCUT2D eigenvalue weighted by Crippen LogP contribution is -2.53. The van der Waals surface area contributed by atoms with E-state index in [2.05, 4.69) is 30.0 Å². The number of nitrogens with zero attached hydrogens (tertiary/aromatic N) is 5. The number of hydrogen-bond donors (Lipinski definition) is 3. The predicted molar refractivity (Wildman–Crippen MR) is 120 cm³/mol. The lowest BCUT2D eigenvalue weighted by atomic mass is 9.87. The van der Waals surface area contributed by atoms with E-state index < -0.39 is 23.3 Å². The minimum absolute atomic E-state index is 0.0662. The molecule has 1 aliphatic heterocycles. The molecule has 0 radical (unpaired) electrons. The minimum Gasteiger partial charge on any atom is -0.383 e. The van der Waals surface area contributed by atoms with Gasteiger partial charge in [0.2, 0.25) is 11.9 Å². The number of pyridine rings is 2. The zero-order valence-electron chi connectivity index (χ0n) is 17.9. The number of carbonyl (C=O) groups is 1. The molecule has 0 unspecified atom stereocenters. The van der Waals surface area contributed by atoms with Gasteiger partial charge < -0.3 is 16.8 Å². The van der Waals surface area contributed by atoms with Crippen molar-refractivity contribution in [3.8, 4) is 6.57 Å². The summed E-state index contributed by atoms with van der Waals surface area (Å²) < 4.78 is 27.2. The third-order valence-corrected chi connectivity index (χ3v) is 5.46. The van der Waals surface area contributed by atoms with Crippen LogP contribution in [0.1, 0.15) is 18.4 Å². The molecule has 0 bridgehead atoms. The van der Waals surface area contributed by atoms with Gasteiger partial charge in [0.15, 0.2) is 0 Å². The van der Waals surface area contributed by atoms with Gasteiger partial charge in [0.05, 0.1) is 11.3 Å². The van der Waals surface area contributed by atoms with E-state index in [0.29, 0.717) is 38.0 Å². The van der Waals surface area contributed by atoms with Gasteiger partial charge in [0, 0.05) is 49.9 Å². The summed E-state index contributed by atoms with van der Waals surface area (Å²) in [4.78, 5) is 29.1. The molecule has 1 aliphatic rings. The van der Waals surface area contributed by atoms with E-state index in [9.17, 15) is 13.6 Å². The first-order chi connectivity index (χ1) is 15.8. The first-order valence-corrected chi connectivity index (χ1v) is 10.2. The zero-order chi connectivity index (χ0) is 23.8. The van der Waals surface area contributed by atoms with Crippen LogP contribution >= 0.6 is 0 Å². The summed E-state index contributed by atoms with van der Waals surface area (Å²) in [5, 5.41) is 3.19. The maximum absolute atomic E-state index is 13.9. The largest absolute Gasteiger partial charge is 0.383 e. The second kappa shape index (κ2) is 10.6. The van der Waals surface area contributed by atoms with E-state index in [1.165, 1.54) is 24.7 Å². The SMILES string of the molecule is C#[N+]CC1(NC=C(C(N)=O)C(N)=Nc2ccnc(F)c2)CCN(Cc2cccnc2F)CC1. The lowest BCUT2D eigenvalue weighted by Gasteiger charge is -2.38. The Labute approximate surface area is 190 Å². The molecule has 11 heteroatoms. The Morgan fingerprint density at radius 2 is 2.03 bits per heavy atom. The molecule has 0 aliphatic carbocycles. The Bertz CT molecular complexity index is 1100. The highest BCUT2D eigenvalue weighted by atomic mass is 19.1. The quantitative estimate of drug-likeness (QED) is 0.241. The van der Waals surface area contributed by atoms with Crippen molar-refractivity contribution in [3.63, 3.8) is 0 Å². The summed E-state index contributed by atoms with van der Waals surface area (Å²) in [5.41, 5.74) is 11.5. The molecule has 2 aromatic rings. The van der Waals surface area contributed by atoms with Crippen LogP contribution in [0, 0.1) is 18.5 Å². The molecule has 3 heterocycles. The van der Waals surface area contributed by atoms with Crippen molar-refractivity contribution < 1.29 is 13.6 Å². The molecule has 3 rings (SSSR count). The highest BCUT2D eigenvalue weighted by molar-refractivity contribution is 6.20. The van der Waals surface area contributed by atoms with Crippen LogP contribution < -0.4 is 16.8 Å². The van der Waals surface area contributed by atoms with Gasteiger partial charge in [-0.3, -0.25) is 9.69 Å². The van der Waals surface area contributed by atoms with Gasteiger partial charge in [-0.15, -0.1) is 0 Å². The van der Waals surface area contributed by atoms with Gasteiger partial charge in [-0.2, -0.15) is 8.78 Å². The number of carbonyl (C=O) groups excluding carboxylic acids is 1. The van der Waals surface area contributed by atoms with Crippen molar-refractivity contribution in [2.24, 2.45) is 16.5 Å². The predicted octanol–water partition coefficient (Wildman–Crippen LogP) is 1.70. The number of rotatable bonds is 8. The van der Waals surface area contributed by atoms with Gasteiger partial charge in [-0.1, -0.05) is 10.9 Å². The van der Waals surface area contributed by atoms with Crippen LogP contribution in [0.25, 0.3) is 4.85 Å². The second-order valence-electron chi connectivity index (χ2n) is 7.75. The minimum atomic E-state index is -0.803. The molecule has 1 saturated heterocycles. The summed E-state index contributed by atoms with van der Waals surface area (Å²) in [7, 11) is 0. The number of hydrogen-bond acceptors (Lipinski definition) is 6. The number of nitrogens with two attached hydrogens (primary N) is 2. The molecule has 2 aromatic heterocycles. The summed E-state index contributed by atoms with van der Waals surface area (Å²) in [6.45, 7) is 7.45. The highest BCUT2D eigenvalue weighted by Crippen LogP contribution is 2.25. The molecule has 5 N–H and O–H groups in total. The zero-order valence-corrected chi connectivity index (χ0v) is 17.9. The van der Waals surface area contributed by atoms with E-state index in [1.807, 2.05) is 0 Å². The highest BCUT2D eigenvalue weighted by Gasteiger charge is 2.38. The molecule has 9 nitrogen and oxygen atoms in total. The number of halogens is 2. The molecule has 1 amide bonds. The topological polar surface area (TPSA) is 127 Å². The van der Waals surface area contributed by atoms with Crippen molar-refractivity contribution in [2.75, 3.05) is 19.6 Å². The van der Waals surface area contributed by atoms with Crippen LogP contribution in [0.2, 0.25) is 0 Å². The number of piperidine rings is 1. The number of amides is 1. The van der Waals surface area contributed by atoms with E-state index in [4.69, 9.17) is 18.0 Å². The van der Waals surface area contributed by atoms with Crippen LogP contribution in [0.15, 0.2) is 53.4 Å². The number of primary amides is 1. The van der Waals surface area contributed by atoms with Crippen LogP contribution in [-0.4, -0.2) is 51.8 Å². The Morgan fingerprint density at radius 1 is 1.27 bits per heavy atom. The smallest absolute Gasteiger partial charge is 0.285 e. The molecule has 0 aromatic carbocycles. The Kier molecular flexibility index (Phi) is 7.63. The Morgan fingerprint density at radius 3 is 2.67 bits per heavy atom. The number of amidine groups is 1. The number of likely N-dealkylation sites (tertiary alicyclic amines) is 1. The van der Waals surface area contributed by atoms with E-state index in [-0.39, 0.29) is 23.6 Å². The standard InChI is InChI=1S/C22H24F2N8O/c1-27-14-22(5-9-32(10-6-22)13-15-3-2-7-29-19(15)24)30-12-17(21(26)33)20(25)31-16-4-8-28-18(23)11-16/h1-4,7-8,11-12H,5-6,9-10,13-14H2,(H4-,25,26,28,30,31,33)/p+1. The fourth-order valence-electron chi connectivity index (χ4n) is 3.60. The van der Waals surface area contributed by atoms with Crippen molar-refractivity contribution in [1.29, 1.82) is 0 Å². The number of aromatic nitrogens is 2. The van der Waals surface area contributed by atoms with Crippen molar-refractivity contribution in [1.82, 2.24) is 20.2 Å². The average molecular weight is 455 g/mol. The van der Waals surface area contributed by atoms with Crippen molar-refractivity contribution in [2.45, 2.75) is 24.9 Å². The molecule has 0 spiro atoms. The van der Waals surface area contributed by atoms with Crippen molar-refractivity contribution in [3.05, 3.63) is 70.7 Å².